The van der Waals surface area contributed by atoms with Gasteiger partial charge in [0, 0.05) is 22.9 Å². The standard InChI is InChI=1S/C12H9N3O3S2/c1-20(16,17)12-15-14-11(18-12)9-5-4-8(7-13-9)10-3-2-6-19-10/h2-7H,1H3. The topological polar surface area (TPSA) is 86.0 Å². The Bertz CT molecular complexity index is 821. The third-order valence-corrected chi connectivity index (χ3v) is 4.23. The van der Waals surface area contributed by atoms with Crippen LogP contribution < -0.4 is 0 Å². The third-order valence-electron chi connectivity index (χ3n) is 2.51. The van der Waals surface area contributed by atoms with Crippen LogP contribution in [0.15, 0.2) is 45.5 Å². The highest BCUT2D eigenvalue weighted by Gasteiger charge is 2.18. The van der Waals surface area contributed by atoms with Gasteiger partial charge in [0.05, 0.1) is 0 Å². The summed E-state index contributed by atoms with van der Waals surface area (Å²) in [6.45, 7) is 0. The monoisotopic (exact) mass is 307 g/mol. The maximum atomic E-state index is 11.3. The lowest BCUT2D eigenvalue weighted by Crippen LogP contribution is -1.96. The van der Waals surface area contributed by atoms with E-state index in [1.165, 1.54) is 0 Å². The second kappa shape index (κ2) is 4.80. The van der Waals surface area contributed by atoms with Crippen LogP contribution in [0.5, 0.6) is 0 Å². The van der Waals surface area contributed by atoms with Gasteiger partial charge in [-0.25, -0.2) is 8.42 Å². The molecular weight excluding hydrogens is 298 g/mol. The van der Waals surface area contributed by atoms with Crippen molar-refractivity contribution in [3.05, 3.63) is 35.8 Å². The van der Waals surface area contributed by atoms with E-state index in [0.29, 0.717) is 5.69 Å². The zero-order valence-corrected chi connectivity index (χ0v) is 12.0. The van der Waals surface area contributed by atoms with Crippen LogP contribution in [-0.2, 0) is 9.84 Å². The van der Waals surface area contributed by atoms with Gasteiger partial charge in [-0.15, -0.1) is 16.4 Å². The molecule has 0 radical (unpaired) electrons. The molecule has 0 saturated carbocycles. The minimum Gasteiger partial charge on any atom is -0.406 e. The van der Waals surface area contributed by atoms with Crippen molar-refractivity contribution in [1.82, 2.24) is 15.2 Å². The van der Waals surface area contributed by atoms with E-state index in [9.17, 15) is 8.42 Å². The molecule has 0 N–H and O–H groups in total. The van der Waals surface area contributed by atoms with Crippen molar-refractivity contribution in [2.24, 2.45) is 0 Å². The molecule has 8 heteroatoms. The van der Waals surface area contributed by atoms with Gasteiger partial charge in [0.25, 0.3) is 5.89 Å². The smallest absolute Gasteiger partial charge is 0.335 e. The van der Waals surface area contributed by atoms with E-state index in [1.807, 2.05) is 23.6 Å². The van der Waals surface area contributed by atoms with Gasteiger partial charge in [0.1, 0.15) is 5.69 Å². The number of sulfone groups is 1. The molecule has 0 aliphatic heterocycles. The van der Waals surface area contributed by atoms with Crippen molar-refractivity contribution in [3.63, 3.8) is 0 Å². The van der Waals surface area contributed by atoms with Gasteiger partial charge in [-0.2, -0.15) is 0 Å². The Morgan fingerprint density at radius 1 is 1.20 bits per heavy atom. The molecule has 0 saturated heterocycles. The maximum absolute atomic E-state index is 11.3. The number of rotatable bonds is 3. The maximum Gasteiger partial charge on any atom is 0.335 e. The highest BCUT2D eigenvalue weighted by Crippen LogP contribution is 2.25. The van der Waals surface area contributed by atoms with Crippen LogP contribution in [0, 0.1) is 0 Å². The van der Waals surface area contributed by atoms with E-state index in [-0.39, 0.29) is 5.89 Å². The summed E-state index contributed by atoms with van der Waals surface area (Å²) in [4.78, 5) is 5.32. The molecule has 0 spiro atoms. The second-order valence-electron chi connectivity index (χ2n) is 4.05. The molecule has 3 heterocycles. The predicted molar refractivity (Wildman–Crippen MR) is 74.0 cm³/mol. The predicted octanol–water partition coefficient (Wildman–Crippen LogP) is 2.26. The van der Waals surface area contributed by atoms with Gasteiger partial charge in [-0.3, -0.25) is 4.98 Å². The Hall–Kier alpha value is -2.06. The lowest BCUT2D eigenvalue weighted by molar-refractivity contribution is 0.441. The summed E-state index contributed by atoms with van der Waals surface area (Å²) in [5.41, 5.74) is 1.42. The van der Waals surface area contributed by atoms with Gasteiger partial charge in [-0.1, -0.05) is 11.2 Å². The Morgan fingerprint density at radius 3 is 2.60 bits per heavy atom. The van der Waals surface area contributed by atoms with E-state index < -0.39 is 15.1 Å². The van der Waals surface area contributed by atoms with Gasteiger partial charge in [-0.05, 0) is 23.6 Å². The summed E-state index contributed by atoms with van der Waals surface area (Å²) in [5.74, 6) is 0.0863. The molecule has 0 aliphatic carbocycles. The summed E-state index contributed by atoms with van der Waals surface area (Å²) in [7, 11) is -3.50. The lowest BCUT2D eigenvalue weighted by atomic mass is 10.2. The summed E-state index contributed by atoms with van der Waals surface area (Å²) < 4.78 is 27.6. The summed E-state index contributed by atoms with van der Waals surface area (Å²) >= 11 is 1.61. The number of aromatic nitrogens is 3. The van der Waals surface area contributed by atoms with Crippen molar-refractivity contribution < 1.29 is 12.8 Å². The minimum absolute atomic E-state index is 0.0863. The number of hydrogen-bond donors (Lipinski definition) is 0. The highest BCUT2D eigenvalue weighted by atomic mass is 32.2. The summed E-state index contributed by atoms with van der Waals surface area (Å²) in [5, 5.41) is 8.76. The highest BCUT2D eigenvalue weighted by molar-refractivity contribution is 7.90. The van der Waals surface area contributed by atoms with E-state index in [0.717, 1.165) is 16.7 Å². The number of nitrogens with zero attached hydrogens (tertiary/aromatic N) is 3. The first-order chi connectivity index (χ1) is 9.54. The minimum atomic E-state index is -3.50. The number of thiophene rings is 1. The Kier molecular flexibility index (Phi) is 3.11. The van der Waals surface area contributed by atoms with Crippen LogP contribution in [0.3, 0.4) is 0 Å². The molecule has 102 valence electrons. The molecular formula is C12H9N3O3S2. The number of hydrogen-bond acceptors (Lipinski definition) is 7. The number of pyridine rings is 1. The molecule has 0 atom stereocenters. The van der Waals surface area contributed by atoms with Crippen LogP contribution in [-0.4, -0.2) is 29.9 Å². The van der Waals surface area contributed by atoms with E-state index in [4.69, 9.17) is 4.42 Å². The van der Waals surface area contributed by atoms with Crippen molar-refractivity contribution in [2.75, 3.05) is 6.26 Å². The van der Waals surface area contributed by atoms with E-state index in [2.05, 4.69) is 15.2 Å². The van der Waals surface area contributed by atoms with Crippen LogP contribution >= 0.6 is 11.3 Å². The zero-order valence-electron chi connectivity index (χ0n) is 10.3. The zero-order chi connectivity index (χ0) is 14.2. The molecule has 0 amide bonds. The molecule has 3 rings (SSSR count). The third kappa shape index (κ3) is 2.47. The van der Waals surface area contributed by atoms with Crippen molar-refractivity contribution >= 4 is 21.2 Å². The molecule has 0 fully saturated rings. The first-order valence-electron chi connectivity index (χ1n) is 5.58. The van der Waals surface area contributed by atoms with Crippen LogP contribution in [0.4, 0.5) is 0 Å². The SMILES string of the molecule is CS(=O)(=O)c1nnc(-c2ccc(-c3cccs3)cn2)o1. The average Bonchev–Trinajstić information content (AvgIpc) is 3.10. The van der Waals surface area contributed by atoms with E-state index in [1.54, 1.807) is 23.6 Å². The quantitative estimate of drug-likeness (QED) is 0.737. The molecule has 0 bridgehead atoms. The Balaban J connectivity index is 1.94. The van der Waals surface area contributed by atoms with Gasteiger partial charge in [0.2, 0.25) is 9.84 Å². The normalized spacial score (nSPS) is 11.7. The molecule has 3 aromatic rings. The van der Waals surface area contributed by atoms with Crippen LogP contribution in [0.2, 0.25) is 0 Å². The van der Waals surface area contributed by atoms with Crippen molar-refractivity contribution in [3.8, 4) is 22.0 Å². The summed E-state index contributed by atoms with van der Waals surface area (Å²) in [6.07, 6.45) is 2.70. The first kappa shape index (κ1) is 12.9. The lowest BCUT2D eigenvalue weighted by Gasteiger charge is -1.97. The largest absolute Gasteiger partial charge is 0.406 e. The van der Waals surface area contributed by atoms with Crippen LogP contribution in [0.25, 0.3) is 22.0 Å². The molecule has 0 unspecified atom stereocenters. The molecule has 20 heavy (non-hydrogen) atoms. The Labute approximate surface area is 119 Å². The first-order valence-corrected chi connectivity index (χ1v) is 8.35. The molecule has 6 nitrogen and oxygen atoms in total. The van der Waals surface area contributed by atoms with Crippen molar-refractivity contribution in [2.45, 2.75) is 5.22 Å². The summed E-state index contributed by atoms with van der Waals surface area (Å²) in [6, 6.07) is 7.55. The molecule has 0 aliphatic rings. The fourth-order valence-electron chi connectivity index (χ4n) is 1.57. The molecule has 0 aromatic carbocycles. The second-order valence-corrected chi connectivity index (χ2v) is 6.90. The van der Waals surface area contributed by atoms with Crippen LogP contribution in [0.1, 0.15) is 0 Å². The Morgan fingerprint density at radius 2 is 2.05 bits per heavy atom. The van der Waals surface area contributed by atoms with Gasteiger partial charge < -0.3 is 4.42 Å². The van der Waals surface area contributed by atoms with Crippen molar-refractivity contribution in [1.29, 1.82) is 0 Å². The van der Waals surface area contributed by atoms with Gasteiger partial charge >= 0.3 is 5.22 Å². The van der Waals surface area contributed by atoms with E-state index >= 15 is 0 Å². The fourth-order valence-corrected chi connectivity index (χ4v) is 2.71. The van der Waals surface area contributed by atoms with Gasteiger partial charge in [0.15, 0.2) is 0 Å². The fraction of sp³-hybridized carbons (Fsp3) is 0.0833. The molecule has 3 aromatic heterocycles. The average molecular weight is 307 g/mol.